The van der Waals surface area contributed by atoms with E-state index in [4.69, 9.17) is 5.73 Å². The Morgan fingerprint density at radius 3 is 2.72 bits per heavy atom. The molecule has 3 nitrogen and oxygen atoms in total. The van der Waals surface area contributed by atoms with Gasteiger partial charge in [0.25, 0.3) is 0 Å². The molecule has 2 rings (SSSR count). The molecule has 0 aliphatic heterocycles. The second kappa shape index (κ2) is 5.88. The van der Waals surface area contributed by atoms with E-state index in [-0.39, 0.29) is 0 Å². The van der Waals surface area contributed by atoms with Crippen LogP contribution in [0.4, 0.5) is 5.69 Å². The van der Waals surface area contributed by atoms with Gasteiger partial charge in [-0.25, -0.2) is 0 Å². The van der Waals surface area contributed by atoms with E-state index in [1.807, 2.05) is 18.2 Å². The predicted octanol–water partition coefficient (Wildman–Crippen LogP) is 2.64. The van der Waals surface area contributed by atoms with E-state index in [0.717, 1.165) is 29.3 Å². The van der Waals surface area contributed by atoms with E-state index in [1.54, 1.807) is 0 Å². The first kappa shape index (κ1) is 12.9. The molecule has 0 saturated heterocycles. The van der Waals surface area contributed by atoms with Gasteiger partial charge in [0.2, 0.25) is 0 Å². The highest BCUT2D eigenvalue weighted by molar-refractivity contribution is 5.60. The number of rotatable bonds is 4. The first-order chi connectivity index (χ1) is 8.74. The Balaban J connectivity index is 2.13. The molecule has 0 unspecified atom stereocenters. The van der Waals surface area contributed by atoms with E-state index in [9.17, 15) is 5.26 Å². The Morgan fingerprint density at radius 2 is 2.11 bits per heavy atom. The number of nitrogens with two attached hydrogens (primary N) is 1. The summed E-state index contributed by atoms with van der Waals surface area (Å²) in [6.07, 6.45) is 5.37. The molecule has 1 aromatic carbocycles. The molecule has 1 aromatic rings. The lowest BCUT2D eigenvalue weighted by Crippen LogP contribution is -2.24. The molecule has 18 heavy (non-hydrogen) atoms. The van der Waals surface area contributed by atoms with Crippen LogP contribution in [0.15, 0.2) is 18.2 Å². The summed E-state index contributed by atoms with van der Waals surface area (Å²) in [6.45, 7) is 1.54. The van der Waals surface area contributed by atoms with Crippen molar-refractivity contribution in [1.82, 2.24) is 0 Å². The molecule has 1 aliphatic rings. The van der Waals surface area contributed by atoms with Gasteiger partial charge >= 0.3 is 0 Å². The van der Waals surface area contributed by atoms with Gasteiger partial charge in [-0.1, -0.05) is 18.9 Å². The highest BCUT2D eigenvalue weighted by Gasteiger charge is 2.18. The van der Waals surface area contributed by atoms with Crippen LogP contribution in [0.3, 0.4) is 0 Å². The Morgan fingerprint density at radius 1 is 1.39 bits per heavy atom. The van der Waals surface area contributed by atoms with Crippen molar-refractivity contribution in [1.29, 1.82) is 5.26 Å². The third-order valence-corrected chi connectivity index (χ3v) is 3.84. The number of nitriles is 1. The number of anilines is 1. The summed E-state index contributed by atoms with van der Waals surface area (Å²) >= 11 is 0. The molecule has 0 aromatic heterocycles. The number of nitrogens with zero attached hydrogens (tertiary/aromatic N) is 2. The zero-order valence-electron chi connectivity index (χ0n) is 11.0. The van der Waals surface area contributed by atoms with E-state index in [1.165, 1.54) is 25.7 Å². The molecule has 1 saturated carbocycles. The number of hydrogen-bond acceptors (Lipinski definition) is 3. The van der Waals surface area contributed by atoms with Gasteiger partial charge < -0.3 is 10.6 Å². The zero-order chi connectivity index (χ0) is 13.0. The SMILES string of the molecule is CN(CC1CCCC1)c1ccc(CN)cc1C#N. The minimum Gasteiger partial charge on any atom is -0.373 e. The van der Waals surface area contributed by atoms with Crippen LogP contribution in [0.5, 0.6) is 0 Å². The lowest BCUT2D eigenvalue weighted by molar-refractivity contribution is 0.547. The first-order valence-electron chi connectivity index (χ1n) is 6.69. The third kappa shape index (κ3) is 2.83. The minimum absolute atomic E-state index is 0.487. The fourth-order valence-electron chi connectivity index (χ4n) is 2.81. The van der Waals surface area contributed by atoms with Crippen molar-refractivity contribution in [2.75, 3.05) is 18.5 Å². The molecule has 0 atom stereocenters. The number of benzene rings is 1. The average molecular weight is 243 g/mol. The summed E-state index contributed by atoms with van der Waals surface area (Å²) in [6, 6.07) is 8.22. The molecule has 1 fully saturated rings. The van der Waals surface area contributed by atoms with Gasteiger partial charge in [0, 0.05) is 20.1 Å². The quantitative estimate of drug-likeness (QED) is 0.884. The molecule has 96 valence electrons. The highest BCUT2D eigenvalue weighted by atomic mass is 15.1. The van der Waals surface area contributed by atoms with Crippen molar-refractivity contribution in [3.63, 3.8) is 0 Å². The molecule has 0 spiro atoms. The molecule has 0 bridgehead atoms. The van der Waals surface area contributed by atoms with Crippen LogP contribution in [0.1, 0.15) is 36.8 Å². The maximum atomic E-state index is 9.23. The largest absolute Gasteiger partial charge is 0.373 e. The minimum atomic E-state index is 0.487. The van der Waals surface area contributed by atoms with Crippen molar-refractivity contribution >= 4 is 5.69 Å². The second-order valence-corrected chi connectivity index (χ2v) is 5.20. The van der Waals surface area contributed by atoms with Gasteiger partial charge in [-0.05, 0) is 36.5 Å². The Kier molecular flexibility index (Phi) is 4.22. The van der Waals surface area contributed by atoms with Crippen LogP contribution >= 0.6 is 0 Å². The van der Waals surface area contributed by atoms with E-state index in [2.05, 4.69) is 18.0 Å². The lowest BCUT2D eigenvalue weighted by atomic mass is 10.1. The van der Waals surface area contributed by atoms with Gasteiger partial charge in [-0.2, -0.15) is 5.26 Å². The molecule has 1 aliphatic carbocycles. The predicted molar refractivity (Wildman–Crippen MR) is 74.3 cm³/mol. The first-order valence-corrected chi connectivity index (χ1v) is 6.69. The Hall–Kier alpha value is -1.53. The summed E-state index contributed by atoms with van der Waals surface area (Å²) in [7, 11) is 2.08. The summed E-state index contributed by atoms with van der Waals surface area (Å²) in [4.78, 5) is 2.22. The summed E-state index contributed by atoms with van der Waals surface area (Å²) in [5, 5.41) is 9.23. The van der Waals surface area contributed by atoms with Gasteiger partial charge in [0.15, 0.2) is 0 Å². The standard InChI is InChI=1S/C15H21N3/c1-18(11-12-4-2-3-5-12)15-7-6-13(9-16)8-14(15)10-17/h6-8,12H,2-5,9,11,16H2,1H3. The molecule has 0 heterocycles. The van der Waals surface area contributed by atoms with E-state index >= 15 is 0 Å². The molecule has 0 amide bonds. The molecular weight excluding hydrogens is 222 g/mol. The molecular formula is C15H21N3. The highest BCUT2D eigenvalue weighted by Crippen LogP contribution is 2.28. The number of hydrogen-bond donors (Lipinski definition) is 1. The Labute approximate surface area is 109 Å². The normalized spacial score (nSPS) is 15.6. The molecule has 2 N–H and O–H groups in total. The van der Waals surface area contributed by atoms with Gasteiger partial charge in [0.05, 0.1) is 11.3 Å². The summed E-state index contributed by atoms with van der Waals surface area (Å²) < 4.78 is 0. The maximum Gasteiger partial charge on any atom is 0.101 e. The fraction of sp³-hybridized carbons (Fsp3) is 0.533. The van der Waals surface area contributed by atoms with Crippen molar-refractivity contribution < 1.29 is 0 Å². The second-order valence-electron chi connectivity index (χ2n) is 5.20. The maximum absolute atomic E-state index is 9.23. The van der Waals surface area contributed by atoms with Gasteiger partial charge in [0.1, 0.15) is 6.07 Å². The van der Waals surface area contributed by atoms with Crippen LogP contribution in [0.2, 0.25) is 0 Å². The van der Waals surface area contributed by atoms with Crippen molar-refractivity contribution in [3.05, 3.63) is 29.3 Å². The van der Waals surface area contributed by atoms with Crippen LogP contribution in [0.25, 0.3) is 0 Å². The van der Waals surface area contributed by atoms with Gasteiger partial charge in [-0.15, -0.1) is 0 Å². The van der Waals surface area contributed by atoms with Crippen molar-refractivity contribution in [2.45, 2.75) is 32.2 Å². The van der Waals surface area contributed by atoms with Crippen LogP contribution in [-0.2, 0) is 6.54 Å². The van der Waals surface area contributed by atoms with Crippen LogP contribution in [0, 0.1) is 17.2 Å². The van der Waals surface area contributed by atoms with Crippen LogP contribution < -0.4 is 10.6 Å². The smallest absolute Gasteiger partial charge is 0.101 e. The molecule has 0 radical (unpaired) electrons. The Bertz CT molecular complexity index is 442. The lowest BCUT2D eigenvalue weighted by Gasteiger charge is -2.24. The topological polar surface area (TPSA) is 53.0 Å². The van der Waals surface area contributed by atoms with E-state index in [0.29, 0.717) is 6.54 Å². The van der Waals surface area contributed by atoms with Crippen LogP contribution in [-0.4, -0.2) is 13.6 Å². The summed E-state index contributed by atoms with van der Waals surface area (Å²) in [5.41, 5.74) is 8.39. The zero-order valence-corrected chi connectivity index (χ0v) is 11.0. The molecule has 3 heteroatoms. The van der Waals surface area contributed by atoms with Crippen molar-refractivity contribution in [3.8, 4) is 6.07 Å². The third-order valence-electron chi connectivity index (χ3n) is 3.84. The monoisotopic (exact) mass is 243 g/mol. The fourth-order valence-corrected chi connectivity index (χ4v) is 2.81. The average Bonchev–Trinajstić information content (AvgIpc) is 2.90. The summed E-state index contributed by atoms with van der Waals surface area (Å²) in [5.74, 6) is 0.788. The van der Waals surface area contributed by atoms with E-state index < -0.39 is 0 Å². The van der Waals surface area contributed by atoms with Gasteiger partial charge in [-0.3, -0.25) is 0 Å². The van der Waals surface area contributed by atoms with Crippen molar-refractivity contribution in [2.24, 2.45) is 11.7 Å².